The summed E-state index contributed by atoms with van der Waals surface area (Å²) in [5.74, 6) is -0.0666. The average Bonchev–Trinajstić information content (AvgIpc) is 3.39. The van der Waals surface area contributed by atoms with Crippen molar-refractivity contribution in [2.24, 2.45) is 0 Å². The molecule has 4 aromatic heterocycles. The molecule has 4 heterocycles. The Morgan fingerprint density at radius 1 is 1.23 bits per heavy atom. The van der Waals surface area contributed by atoms with E-state index in [1.54, 1.807) is 35.4 Å². The summed E-state index contributed by atoms with van der Waals surface area (Å²) in [6.45, 7) is 6.20. The zero-order chi connectivity index (χ0) is 21.0. The molecule has 10 heteroatoms. The molecule has 0 radical (unpaired) electrons. The van der Waals surface area contributed by atoms with Crippen molar-refractivity contribution < 1.29 is 4.79 Å². The minimum Gasteiger partial charge on any atom is -0.324 e. The van der Waals surface area contributed by atoms with Crippen LogP contribution in [-0.2, 0) is 10.2 Å². The number of amides is 1. The summed E-state index contributed by atoms with van der Waals surface area (Å²) in [4.78, 5) is 23.4. The van der Waals surface area contributed by atoms with Crippen molar-refractivity contribution in [3.63, 3.8) is 0 Å². The largest absolute Gasteiger partial charge is 0.324 e. The zero-order valence-electron chi connectivity index (χ0n) is 16.7. The Hall–Kier alpha value is -3.33. The number of nitrogens with one attached hydrogen (secondary N) is 1. The maximum atomic E-state index is 13.2. The number of nitrogens with zero attached hydrogens (tertiary/aromatic N) is 7. The van der Waals surface area contributed by atoms with Gasteiger partial charge >= 0.3 is 0 Å². The zero-order valence-corrected chi connectivity index (χ0v) is 17.4. The van der Waals surface area contributed by atoms with Gasteiger partial charge in [0, 0.05) is 5.56 Å². The Morgan fingerprint density at radius 3 is 2.73 bits per heavy atom. The first-order valence-corrected chi connectivity index (χ1v) is 9.90. The molecular weight excluding hydrogens is 404 g/mol. The van der Waals surface area contributed by atoms with Crippen LogP contribution in [0.2, 0.25) is 5.02 Å². The van der Waals surface area contributed by atoms with E-state index in [1.807, 2.05) is 13.1 Å². The van der Waals surface area contributed by atoms with Gasteiger partial charge in [0.05, 0.1) is 53.3 Å². The summed E-state index contributed by atoms with van der Waals surface area (Å²) >= 11 is 6.32. The van der Waals surface area contributed by atoms with Gasteiger partial charge in [-0.1, -0.05) is 25.4 Å². The molecule has 0 spiro atoms. The number of fused-ring (bicyclic) bond motifs is 3. The van der Waals surface area contributed by atoms with Gasteiger partial charge in [0.1, 0.15) is 0 Å². The van der Waals surface area contributed by atoms with Crippen molar-refractivity contribution in [1.29, 1.82) is 0 Å². The van der Waals surface area contributed by atoms with Gasteiger partial charge in [-0.3, -0.25) is 4.79 Å². The number of anilines is 1. The summed E-state index contributed by atoms with van der Waals surface area (Å²) in [6.07, 6.45) is 8.96. The first-order valence-electron chi connectivity index (χ1n) is 9.52. The van der Waals surface area contributed by atoms with Gasteiger partial charge in [0.15, 0.2) is 11.5 Å². The third-order valence-corrected chi connectivity index (χ3v) is 5.70. The number of rotatable bonds is 3. The number of aromatic nitrogens is 7. The Morgan fingerprint density at radius 2 is 2.00 bits per heavy atom. The van der Waals surface area contributed by atoms with E-state index in [4.69, 9.17) is 11.6 Å². The molecule has 0 saturated carbocycles. The van der Waals surface area contributed by atoms with Crippen LogP contribution in [0, 0.1) is 6.92 Å². The lowest BCUT2D eigenvalue weighted by Crippen LogP contribution is -2.21. The quantitative estimate of drug-likeness (QED) is 0.544. The van der Waals surface area contributed by atoms with Crippen molar-refractivity contribution in [2.75, 3.05) is 5.32 Å². The average molecular weight is 423 g/mol. The molecule has 1 N–H and O–H groups in total. The van der Waals surface area contributed by atoms with Crippen molar-refractivity contribution in [3.8, 4) is 5.82 Å². The van der Waals surface area contributed by atoms with Crippen molar-refractivity contribution in [3.05, 3.63) is 58.9 Å². The third-order valence-electron chi connectivity index (χ3n) is 5.42. The number of carbonyl (C=O) groups is 1. The van der Waals surface area contributed by atoms with Crippen LogP contribution in [0.15, 0.2) is 37.1 Å². The topological polar surface area (TPSA) is 103 Å². The van der Waals surface area contributed by atoms with E-state index in [0.717, 1.165) is 22.5 Å². The van der Waals surface area contributed by atoms with Crippen LogP contribution in [0.25, 0.3) is 11.5 Å². The molecule has 9 nitrogen and oxygen atoms in total. The van der Waals surface area contributed by atoms with E-state index in [2.05, 4.69) is 44.4 Å². The van der Waals surface area contributed by atoms with Gasteiger partial charge < -0.3 is 5.32 Å². The maximum Gasteiger partial charge on any atom is 0.232 e. The molecule has 1 atom stereocenters. The Labute approximate surface area is 177 Å². The predicted octanol–water partition coefficient (Wildman–Crippen LogP) is 3.07. The first-order chi connectivity index (χ1) is 14.3. The fourth-order valence-electron chi connectivity index (χ4n) is 4.18. The number of halogens is 1. The Bertz CT molecular complexity index is 1280. The molecular formula is C20H19ClN8O. The molecule has 152 valence electrons. The van der Waals surface area contributed by atoms with Gasteiger partial charge in [0.25, 0.3) is 0 Å². The summed E-state index contributed by atoms with van der Waals surface area (Å²) in [6, 6.07) is 1.64. The highest BCUT2D eigenvalue weighted by atomic mass is 35.5. The smallest absolute Gasteiger partial charge is 0.232 e. The second-order valence-electron chi connectivity index (χ2n) is 8.10. The number of carbonyl (C=O) groups excluding carboxylic acids is 1. The van der Waals surface area contributed by atoms with E-state index < -0.39 is 0 Å². The molecule has 5 rings (SSSR count). The summed E-state index contributed by atoms with van der Waals surface area (Å²) in [5.41, 5.74) is 4.00. The van der Waals surface area contributed by atoms with Crippen LogP contribution < -0.4 is 5.32 Å². The highest BCUT2D eigenvalue weighted by Gasteiger charge is 2.43. The van der Waals surface area contributed by atoms with E-state index in [0.29, 0.717) is 22.9 Å². The van der Waals surface area contributed by atoms with Crippen molar-refractivity contribution >= 4 is 28.8 Å². The molecule has 0 fully saturated rings. The number of aryl methyl sites for hydroxylation is 1. The minimum absolute atomic E-state index is 0.126. The van der Waals surface area contributed by atoms with Gasteiger partial charge in [-0.05, 0) is 30.4 Å². The van der Waals surface area contributed by atoms with Gasteiger partial charge in [-0.25, -0.2) is 14.5 Å². The lowest BCUT2D eigenvalue weighted by atomic mass is 9.86. The van der Waals surface area contributed by atoms with Crippen LogP contribution in [0.5, 0.6) is 0 Å². The second-order valence-corrected chi connectivity index (χ2v) is 8.51. The highest BCUT2D eigenvalue weighted by Crippen LogP contribution is 2.47. The normalized spacial score (nSPS) is 17.3. The van der Waals surface area contributed by atoms with Crippen molar-refractivity contribution in [2.45, 2.75) is 38.5 Å². The molecule has 0 bridgehead atoms. The predicted molar refractivity (Wildman–Crippen MR) is 111 cm³/mol. The lowest BCUT2D eigenvalue weighted by molar-refractivity contribution is -0.117. The SMILES string of the molecule is Cc1cn2ncc3c(c2n1)C(C)(C)CC3C(=O)Nc1cnc(-n2nccn2)c(Cl)c1. The van der Waals surface area contributed by atoms with Gasteiger partial charge in [0.2, 0.25) is 5.91 Å². The number of hydrogen-bond donors (Lipinski definition) is 1. The monoisotopic (exact) mass is 422 g/mol. The lowest BCUT2D eigenvalue weighted by Gasteiger charge is -2.19. The molecule has 0 aliphatic heterocycles. The van der Waals surface area contributed by atoms with Crippen molar-refractivity contribution in [1.82, 2.24) is 34.6 Å². The molecule has 1 aliphatic carbocycles. The van der Waals surface area contributed by atoms with E-state index in [1.165, 1.54) is 4.80 Å². The van der Waals surface area contributed by atoms with E-state index in [-0.39, 0.29) is 17.2 Å². The van der Waals surface area contributed by atoms with Crippen LogP contribution in [0.1, 0.15) is 43.0 Å². The van der Waals surface area contributed by atoms with Crippen LogP contribution >= 0.6 is 11.6 Å². The van der Waals surface area contributed by atoms with Crippen LogP contribution in [-0.4, -0.2) is 40.5 Å². The molecule has 0 aromatic carbocycles. The summed E-state index contributed by atoms with van der Waals surface area (Å²) in [7, 11) is 0. The molecule has 1 amide bonds. The number of imidazole rings is 1. The molecule has 4 aromatic rings. The number of hydrogen-bond acceptors (Lipinski definition) is 6. The summed E-state index contributed by atoms with van der Waals surface area (Å²) < 4.78 is 1.78. The molecule has 30 heavy (non-hydrogen) atoms. The first kappa shape index (κ1) is 18.7. The number of pyridine rings is 1. The van der Waals surface area contributed by atoms with Crippen LogP contribution in [0.3, 0.4) is 0 Å². The van der Waals surface area contributed by atoms with Gasteiger partial charge in [-0.15, -0.1) is 4.80 Å². The Balaban J connectivity index is 1.46. The van der Waals surface area contributed by atoms with E-state index in [9.17, 15) is 4.79 Å². The Kier molecular flexibility index (Phi) is 4.11. The minimum atomic E-state index is -0.337. The maximum absolute atomic E-state index is 13.2. The molecule has 1 unspecified atom stereocenters. The van der Waals surface area contributed by atoms with E-state index >= 15 is 0 Å². The second kappa shape index (κ2) is 6.60. The fraction of sp³-hybridized carbons (Fsp3) is 0.300. The third kappa shape index (κ3) is 2.93. The fourth-order valence-corrected chi connectivity index (χ4v) is 4.42. The summed E-state index contributed by atoms with van der Waals surface area (Å²) in [5, 5.41) is 15.8. The van der Waals surface area contributed by atoms with Crippen LogP contribution in [0.4, 0.5) is 5.69 Å². The van der Waals surface area contributed by atoms with Gasteiger partial charge in [-0.2, -0.15) is 15.3 Å². The molecule has 1 aliphatic rings. The molecule has 0 saturated heterocycles. The highest BCUT2D eigenvalue weighted by molar-refractivity contribution is 6.32. The standard InChI is InChI=1S/C20H19ClN8O/c1-11-10-28-18(26-11)16-14(9-25-28)13(7-20(16,2)3)19(30)27-12-6-15(21)17(22-8-12)29-23-4-5-24-29/h4-6,8-10,13H,7H2,1-3H3,(H,27,30).